The molecule has 0 atom stereocenters. The maximum atomic E-state index is 12.1. The van der Waals surface area contributed by atoms with E-state index in [1.165, 1.54) is 12.1 Å². The van der Waals surface area contributed by atoms with E-state index in [1.54, 1.807) is 12.1 Å². The van der Waals surface area contributed by atoms with Crippen molar-refractivity contribution in [3.8, 4) is 5.75 Å². The third kappa shape index (κ3) is 4.77. The van der Waals surface area contributed by atoms with Gasteiger partial charge in [-0.05, 0) is 44.0 Å². The molecule has 0 bridgehead atoms. The lowest BCUT2D eigenvalue weighted by Crippen LogP contribution is -2.30. The minimum atomic E-state index is -2.87. The monoisotopic (exact) mass is 284 g/mol. The van der Waals surface area contributed by atoms with Gasteiger partial charge < -0.3 is 15.4 Å². The summed E-state index contributed by atoms with van der Waals surface area (Å²) >= 11 is 0. The number of carbonyl (C=O) groups is 1. The first kappa shape index (κ1) is 14.7. The zero-order valence-corrected chi connectivity index (χ0v) is 11.1. The van der Waals surface area contributed by atoms with Crippen LogP contribution in [0.15, 0.2) is 24.3 Å². The van der Waals surface area contributed by atoms with Crippen LogP contribution in [0.4, 0.5) is 14.5 Å². The van der Waals surface area contributed by atoms with E-state index in [0.29, 0.717) is 18.0 Å². The summed E-state index contributed by atoms with van der Waals surface area (Å²) in [6, 6.07) is 6.04. The molecule has 0 aromatic heterocycles. The van der Waals surface area contributed by atoms with Crippen molar-refractivity contribution in [2.75, 3.05) is 18.4 Å². The number of ether oxygens (including phenoxy) is 1. The van der Waals surface area contributed by atoms with E-state index in [1.807, 2.05) is 0 Å². The smallest absolute Gasteiger partial charge is 0.387 e. The number of rotatable bonds is 5. The van der Waals surface area contributed by atoms with Gasteiger partial charge in [0.1, 0.15) is 5.75 Å². The average Bonchev–Trinajstić information content (AvgIpc) is 2.39. The molecule has 1 aliphatic heterocycles. The first-order chi connectivity index (χ1) is 9.63. The summed E-state index contributed by atoms with van der Waals surface area (Å²) in [5.41, 5.74) is 0.474. The maximum absolute atomic E-state index is 12.1. The van der Waals surface area contributed by atoms with Gasteiger partial charge in [-0.15, -0.1) is 0 Å². The Morgan fingerprint density at radius 1 is 1.40 bits per heavy atom. The minimum absolute atomic E-state index is 0.0414. The summed E-state index contributed by atoms with van der Waals surface area (Å²) in [4.78, 5) is 11.9. The molecule has 20 heavy (non-hydrogen) atoms. The van der Waals surface area contributed by atoms with Crippen LogP contribution in [0.25, 0.3) is 0 Å². The topological polar surface area (TPSA) is 50.4 Å². The third-order valence-corrected chi connectivity index (χ3v) is 3.28. The van der Waals surface area contributed by atoms with Gasteiger partial charge in [-0.2, -0.15) is 8.78 Å². The molecule has 0 radical (unpaired) electrons. The Bertz CT molecular complexity index is 449. The van der Waals surface area contributed by atoms with E-state index < -0.39 is 6.61 Å². The molecule has 0 aliphatic carbocycles. The lowest BCUT2D eigenvalue weighted by atomic mass is 9.94. The molecule has 0 spiro atoms. The number of anilines is 1. The van der Waals surface area contributed by atoms with Crippen molar-refractivity contribution in [2.24, 2.45) is 5.92 Å². The first-order valence-corrected chi connectivity index (χ1v) is 6.69. The van der Waals surface area contributed by atoms with Crippen LogP contribution in [0.1, 0.15) is 19.3 Å². The number of hydrogen-bond donors (Lipinski definition) is 2. The van der Waals surface area contributed by atoms with Crippen LogP contribution in [0.5, 0.6) is 5.75 Å². The predicted molar refractivity (Wildman–Crippen MR) is 71.9 cm³/mol. The highest BCUT2D eigenvalue weighted by atomic mass is 19.3. The Kier molecular flexibility index (Phi) is 5.29. The number of alkyl halides is 2. The third-order valence-electron chi connectivity index (χ3n) is 3.28. The van der Waals surface area contributed by atoms with Crippen LogP contribution < -0.4 is 15.4 Å². The highest BCUT2D eigenvalue weighted by Crippen LogP contribution is 2.21. The van der Waals surface area contributed by atoms with E-state index >= 15 is 0 Å². The number of piperidine rings is 1. The SMILES string of the molecule is O=C(CC1CCNCC1)Nc1cccc(OC(F)F)c1. The van der Waals surface area contributed by atoms with E-state index in [-0.39, 0.29) is 11.7 Å². The van der Waals surface area contributed by atoms with E-state index in [0.717, 1.165) is 25.9 Å². The van der Waals surface area contributed by atoms with Gasteiger partial charge in [0.2, 0.25) is 5.91 Å². The van der Waals surface area contributed by atoms with E-state index in [4.69, 9.17) is 0 Å². The quantitative estimate of drug-likeness (QED) is 0.874. The Morgan fingerprint density at radius 2 is 2.15 bits per heavy atom. The Balaban J connectivity index is 1.86. The molecule has 1 fully saturated rings. The molecule has 0 saturated carbocycles. The van der Waals surface area contributed by atoms with Crippen molar-refractivity contribution in [3.05, 3.63) is 24.3 Å². The summed E-state index contributed by atoms with van der Waals surface area (Å²) in [6.07, 6.45) is 2.44. The van der Waals surface area contributed by atoms with Gasteiger partial charge in [-0.25, -0.2) is 0 Å². The minimum Gasteiger partial charge on any atom is -0.435 e. The van der Waals surface area contributed by atoms with Crippen molar-refractivity contribution >= 4 is 11.6 Å². The van der Waals surface area contributed by atoms with Gasteiger partial charge in [0.05, 0.1) is 0 Å². The molecule has 2 rings (SSSR count). The molecule has 1 amide bonds. The van der Waals surface area contributed by atoms with Gasteiger partial charge >= 0.3 is 6.61 Å². The molecule has 4 nitrogen and oxygen atoms in total. The van der Waals surface area contributed by atoms with Crippen molar-refractivity contribution < 1.29 is 18.3 Å². The zero-order chi connectivity index (χ0) is 14.4. The second-order valence-electron chi connectivity index (χ2n) is 4.85. The molecule has 6 heteroatoms. The molecule has 1 heterocycles. The van der Waals surface area contributed by atoms with Gasteiger partial charge in [-0.3, -0.25) is 4.79 Å². The van der Waals surface area contributed by atoms with Crippen molar-refractivity contribution in [1.29, 1.82) is 0 Å². The van der Waals surface area contributed by atoms with Crippen LogP contribution in [0.2, 0.25) is 0 Å². The Hall–Kier alpha value is -1.69. The maximum Gasteiger partial charge on any atom is 0.387 e. The van der Waals surface area contributed by atoms with Crippen molar-refractivity contribution in [1.82, 2.24) is 5.32 Å². The fourth-order valence-corrected chi connectivity index (χ4v) is 2.31. The summed E-state index contributed by atoms with van der Waals surface area (Å²) < 4.78 is 28.5. The Labute approximate surface area is 116 Å². The Morgan fingerprint density at radius 3 is 2.85 bits per heavy atom. The van der Waals surface area contributed by atoms with Crippen LogP contribution >= 0.6 is 0 Å². The van der Waals surface area contributed by atoms with Crippen molar-refractivity contribution in [2.45, 2.75) is 25.9 Å². The number of nitrogens with one attached hydrogen (secondary N) is 2. The lowest BCUT2D eigenvalue weighted by Gasteiger charge is -2.21. The number of benzene rings is 1. The van der Waals surface area contributed by atoms with E-state index in [2.05, 4.69) is 15.4 Å². The molecule has 1 aromatic carbocycles. The molecule has 0 unspecified atom stereocenters. The number of halogens is 2. The van der Waals surface area contributed by atoms with Crippen LogP contribution in [0, 0.1) is 5.92 Å². The predicted octanol–water partition coefficient (Wildman–Crippen LogP) is 2.62. The van der Waals surface area contributed by atoms with Crippen molar-refractivity contribution in [3.63, 3.8) is 0 Å². The van der Waals surface area contributed by atoms with Crippen LogP contribution in [-0.2, 0) is 4.79 Å². The standard InChI is InChI=1S/C14H18F2N2O2/c15-14(16)20-12-3-1-2-11(9-12)18-13(19)8-10-4-6-17-7-5-10/h1-3,9-10,14,17H,4-8H2,(H,18,19). The fourth-order valence-electron chi connectivity index (χ4n) is 2.31. The second-order valence-corrected chi connectivity index (χ2v) is 4.85. The summed E-state index contributed by atoms with van der Waals surface area (Å²) in [5, 5.41) is 5.96. The molecule has 1 aliphatic rings. The fraction of sp³-hybridized carbons (Fsp3) is 0.500. The summed E-state index contributed by atoms with van der Waals surface area (Å²) in [7, 11) is 0. The largest absolute Gasteiger partial charge is 0.435 e. The highest BCUT2D eigenvalue weighted by molar-refractivity contribution is 5.91. The van der Waals surface area contributed by atoms with Gasteiger partial charge in [0, 0.05) is 18.2 Å². The van der Waals surface area contributed by atoms with Crippen LogP contribution in [-0.4, -0.2) is 25.6 Å². The zero-order valence-electron chi connectivity index (χ0n) is 11.1. The molecule has 2 N–H and O–H groups in total. The molecule has 1 aromatic rings. The van der Waals surface area contributed by atoms with Crippen LogP contribution in [0.3, 0.4) is 0 Å². The lowest BCUT2D eigenvalue weighted by molar-refractivity contribution is -0.117. The van der Waals surface area contributed by atoms with Gasteiger partial charge in [0.15, 0.2) is 0 Å². The molecule has 1 saturated heterocycles. The number of hydrogen-bond acceptors (Lipinski definition) is 3. The molecule has 110 valence electrons. The molecular weight excluding hydrogens is 266 g/mol. The first-order valence-electron chi connectivity index (χ1n) is 6.69. The summed E-state index contributed by atoms with van der Waals surface area (Å²) in [5.74, 6) is 0.336. The highest BCUT2D eigenvalue weighted by Gasteiger charge is 2.17. The normalized spacial score (nSPS) is 16.1. The second kappa shape index (κ2) is 7.19. The van der Waals surface area contributed by atoms with E-state index in [9.17, 15) is 13.6 Å². The average molecular weight is 284 g/mol. The number of carbonyl (C=O) groups excluding carboxylic acids is 1. The summed E-state index contributed by atoms with van der Waals surface area (Å²) in [6.45, 7) is -0.985. The number of amides is 1. The van der Waals surface area contributed by atoms with Gasteiger partial charge in [0.25, 0.3) is 0 Å². The molecular formula is C14H18F2N2O2. The van der Waals surface area contributed by atoms with Gasteiger partial charge in [-0.1, -0.05) is 6.07 Å².